The van der Waals surface area contributed by atoms with Crippen molar-refractivity contribution >= 4 is 5.95 Å². The highest BCUT2D eigenvalue weighted by molar-refractivity contribution is 5.45. The summed E-state index contributed by atoms with van der Waals surface area (Å²) in [6.07, 6.45) is 0. The van der Waals surface area contributed by atoms with Crippen LogP contribution in [0.3, 0.4) is 0 Å². The van der Waals surface area contributed by atoms with Crippen molar-refractivity contribution in [3.05, 3.63) is 29.6 Å². The quantitative estimate of drug-likeness (QED) is 0.908. The van der Waals surface area contributed by atoms with Crippen molar-refractivity contribution in [2.24, 2.45) is 0 Å². The van der Waals surface area contributed by atoms with Crippen LogP contribution in [-0.2, 0) is 0 Å². The van der Waals surface area contributed by atoms with Crippen LogP contribution in [0.1, 0.15) is 5.56 Å². The van der Waals surface area contributed by atoms with Crippen molar-refractivity contribution in [3.63, 3.8) is 0 Å². The molecule has 7 nitrogen and oxygen atoms in total. The van der Waals surface area contributed by atoms with E-state index in [9.17, 15) is 4.39 Å². The molecule has 2 aromatic rings. The van der Waals surface area contributed by atoms with E-state index in [2.05, 4.69) is 20.3 Å². The van der Waals surface area contributed by atoms with Gasteiger partial charge in [-0.25, -0.2) is 4.39 Å². The van der Waals surface area contributed by atoms with E-state index in [1.54, 1.807) is 13.1 Å². The number of halogens is 1. The second-order valence-corrected chi connectivity index (χ2v) is 3.51. The summed E-state index contributed by atoms with van der Waals surface area (Å²) in [4.78, 5) is 11.7. The third-order valence-electron chi connectivity index (χ3n) is 2.29. The number of anilines is 1. The number of nitrogens with one attached hydrogen (secondary N) is 1. The van der Waals surface area contributed by atoms with Gasteiger partial charge in [-0.2, -0.15) is 15.2 Å². The molecule has 102 valence electrons. The van der Waals surface area contributed by atoms with E-state index >= 15 is 0 Å². The monoisotopic (exact) mass is 275 g/mol. The van der Waals surface area contributed by atoms with Crippen LogP contribution < -0.4 is 14.8 Å². The minimum Gasteiger partial charge on any atom is -0.467 e. The molecule has 1 aromatic heterocycles. The summed E-state index contributed by atoms with van der Waals surface area (Å²) in [6, 6.07) is 5.68. The molecule has 0 unspecified atom stereocenters. The summed E-state index contributed by atoms with van der Waals surface area (Å²) in [5.41, 5.74) is -0.224. The highest BCUT2D eigenvalue weighted by Crippen LogP contribution is 2.25. The first kappa shape index (κ1) is 13.5. The van der Waals surface area contributed by atoms with Crippen LogP contribution in [0.25, 0.3) is 0 Å². The topological polar surface area (TPSA) is 93.0 Å². The van der Waals surface area contributed by atoms with E-state index in [0.717, 1.165) is 0 Å². The van der Waals surface area contributed by atoms with Crippen molar-refractivity contribution < 1.29 is 13.9 Å². The van der Waals surface area contributed by atoms with Gasteiger partial charge in [0.15, 0.2) is 5.75 Å². The minimum atomic E-state index is -0.681. The first-order valence-electron chi connectivity index (χ1n) is 5.52. The van der Waals surface area contributed by atoms with Crippen LogP contribution >= 0.6 is 0 Å². The molecule has 0 saturated carbocycles. The second-order valence-electron chi connectivity index (χ2n) is 3.51. The molecule has 0 fully saturated rings. The SMILES string of the molecule is CNc1nc(OC)nc(Oc2cccc(F)c2C#N)n1. The van der Waals surface area contributed by atoms with Crippen LogP contribution in [0.15, 0.2) is 18.2 Å². The van der Waals surface area contributed by atoms with Crippen LogP contribution in [0.2, 0.25) is 0 Å². The number of hydrogen-bond donors (Lipinski definition) is 1. The predicted octanol–water partition coefficient (Wildman–Crippen LogP) is 1.72. The molecule has 8 heteroatoms. The first-order chi connectivity index (χ1) is 9.67. The highest BCUT2D eigenvalue weighted by atomic mass is 19.1. The fourth-order valence-electron chi connectivity index (χ4n) is 1.38. The Hall–Kier alpha value is -2.95. The maximum absolute atomic E-state index is 13.5. The number of rotatable bonds is 4. The fourth-order valence-corrected chi connectivity index (χ4v) is 1.38. The summed E-state index contributed by atoms with van der Waals surface area (Å²) < 4.78 is 23.7. The summed E-state index contributed by atoms with van der Waals surface area (Å²) in [6.45, 7) is 0. The van der Waals surface area contributed by atoms with Crippen LogP contribution in [0.5, 0.6) is 17.8 Å². The molecule has 1 heterocycles. The lowest BCUT2D eigenvalue weighted by atomic mass is 10.2. The van der Waals surface area contributed by atoms with E-state index in [1.165, 1.54) is 25.3 Å². The van der Waals surface area contributed by atoms with Crippen molar-refractivity contribution in [2.45, 2.75) is 0 Å². The molecule has 0 aliphatic rings. The molecule has 20 heavy (non-hydrogen) atoms. The average molecular weight is 275 g/mol. The molecule has 1 N–H and O–H groups in total. The standard InChI is InChI=1S/C12H10FN5O2/c1-15-10-16-11(19-2)18-12(17-10)20-9-5-3-4-8(13)7(9)6-14/h3-5H,1-2H3,(H,15,16,17,18). The molecular weight excluding hydrogens is 265 g/mol. The van der Waals surface area contributed by atoms with Gasteiger partial charge >= 0.3 is 12.0 Å². The number of benzene rings is 1. The summed E-state index contributed by atoms with van der Waals surface area (Å²) in [5, 5.41) is 11.6. The van der Waals surface area contributed by atoms with Crippen LogP contribution in [-0.4, -0.2) is 29.1 Å². The third-order valence-corrected chi connectivity index (χ3v) is 2.29. The van der Waals surface area contributed by atoms with Crippen molar-refractivity contribution in [1.82, 2.24) is 15.0 Å². The maximum Gasteiger partial charge on any atom is 0.330 e. The minimum absolute atomic E-state index is 0.0165. The first-order valence-corrected chi connectivity index (χ1v) is 5.52. The lowest BCUT2D eigenvalue weighted by Crippen LogP contribution is -2.04. The Kier molecular flexibility index (Phi) is 3.91. The summed E-state index contributed by atoms with van der Waals surface area (Å²) in [5.74, 6) is -0.440. The van der Waals surface area contributed by atoms with Crippen LogP contribution in [0, 0.1) is 17.1 Å². The summed E-state index contributed by atoms with van der Waals surface area (Å²) >= 11 is 0. The number of nitrogens with zero attached hydrogens (tertiary/aromatic N) is 4. The zero-order valence-electron chi connectivity index (χ0n) is 10.7. The van der Waals surface area contributed by atoms with E-state index in [1.807, 2.05) is 0 Å². The zero-order chi connectivity index (χ0) is 14.5. The van der Waals surface area contributed by atoms with Gasteiger partial charge in [-0.3, -0.25) is 0 Å². The van der Waals surface area contributed by atoms with Gasteiger partial charge in [0.05, 0.1) is 7.11 Å². The van der Waals surface area contributed by atoms with E-state index < -0.39 is 5.82 Å². The molecule has 0 radical (unpaired) electrons. The van der Waals surface area contributed by atoms with Gasteiger partial charge in [0.2, 0.25) is 5.95 Å². The van der Waals surface area contributed by atoms with E-state index in [4.69, 9.17) is 14.7 Å². The maximum atomic E-state index is 13.5. The number of aromatic nitrogens is 3. The van der Waals surface area contributed by atoms with Gasteiger partial charge in [-0.05, 0) is 12.1 Å². The lowest BCUT2D eigenvalue weighted by molar-refractivity contribution is 0.359. The Bertz CT molecular complexity index is 649. The van der Waals surface area contributed by atoms with Crippen molar-refractivity contribution in [3.8, 4) is 23.8 Å². The lowest BCUT2D eigenvalue weighted by Gasteiger charge is -2.08. The van der Waals surface area contributed by atoms with Crippen LogP contribution in [0.4, 0.5) is 10.3 Å². The second kappa shape index (κ2) is 5.79. The van der Waals surface area contributed by atoms with Gasteiger partial charge in [-0.1, -0.05) is 6.07 Å². The number of ether oxygens (including phenoxy) is 2. The molecule has 0 spiro atoms. The van der Waals surface area contributed by atoms with Gasteiger partial charge in [0.1, 0.15) is 17.4 Å². The summed E-state index contributed by atoms with van der Waals surface area (Å²) in [7, 11) is 3.00. The molecule has 0 amide bonds. The highest BCUT2D eigenvalue weighted by Gasteiger charge is 2.13. The van der Waals surface area contributed by atoms with Gasteiger partial charge < -0.3 is 14.8 Å². The van der Waals surface area contributed by atoms with Gasteiger partial charge in [0.25, 0.3) is 0 Å². The molecule has 0 aliphatic heterocycles. The van der Waals surface area contributed by atoms with Crippen molar-refractivity contribution in [2.75, 3.05) is 19.5 Å². The Morgan fingerprint density at radius 3 is 2.65 bits per heavy atom. The molecule has 0 aliphatic carbocycles. The molecule has 2 rings (SSSR count). The smallest absolute Gasteiger partial charge is 0.330 e. The largest absolute Gasteiger partial charge is 0.467 e. The molecule has 0 saturated heterocycles. The Balaban J connectivity index is 2.40. The molecule has 1 aromatic carbocycles. The number of methoxy groups -OCH3 is 1. The van der Waals surface area contributed by atoms with Gasteiger partial charge in [-0.15, -0.1) is 4.98 Å². The molecule has 0 atom stereocenters. The van der Waals surface area contributed by atoms with Crippen molar-refractivity contribution in [1.29, 1.82) is 5.26 Å². The molecule has 0 bridgehead atoms. The average Bonchev–Trinajstić information content (AvgIpc) is 2.47. The Labute approximate surface area is 114 Å². The third kappa shape index (κ3) is 2.72. The number of nitriles is 1. The predicted molar refractivity (Wildman–Crippen MR) is 67.1 cm³/mol. The van der Waals surface area contributed by atoms with E-state index in [0.29, 0.717) is 0 Å². The van der Waals surface area contributed by atoms with E-state index in [-0.39, 0.29) is 29.3 Å². The zero-order valence-corrected chi connectivity index (χ0v) is 10.7. The molecular formula is C12H10FN5O2. The Morgan fingerprint density at radius 2 is 2.00 bits per heavy atom. The normalized spacial score (nSPS) is 9.70. The van der Waals surface area contributed by atoms with Gasteiger partial charge in [0, 0.05) is 7.05 Å². The fraction of sp³-hybridized carbons (Fsp3) is 0.167. The number of hydrogen-bond acceptors (Lipinski definition) is 7. The Morgan fingerprint density at radius 1 is 1.25 bits per heavy atom.